The van der Waals surface area contributed by atoms with E-state index >= 15 is 0 Å². The second kappa shape index (κ2) is 9.17. The summed E-state index contributed by atoms with van der Waals surface area (Å²) in [5.74, 6) is -3.66. The maximum atomic E-state index is 12.9. The fraction of sp³-hybridized carbons (Fsp3) is 0.704. The molecule has 38 heavy (non-hydrogen) atoms. The Balaban J connectivity index is 1.96. The topological polar surface area (TPSA) is 158 Å². The Labute approximate surface area is 221 Å². The molecule has 1 spiro atoms. The molecule has 0 aromatic heterocycles. The molecule has 0 unspecified atom stereocenters. The van der Waals surface area contributed by atoms with Gasteiger partial charge in [0.05, 0.1) is 6.10 Å². The minimum atomic E-state index is -1.92. The van der Waals surface area contributed by atoms with Gasteiger partial charge in [-0.25, -0.2) is 4.79 Å². The van der Waals surface area contributed by atoms with Crippen LogP contribution in [0.1, 0.15) is 61.3 Å². The van der Waals surface area contributed by atoms with Crippen LogP contribution in [0.4, 0.5) is 0 Å². The number of hydrogen-bond acceptors (Lipinski definition) is 11. The second-order valence-electron chi connectivity index (χ2n) is 11.2. The normalized spacial score (nSPS) is 46.8. The zero-order valence-electron chi connectivity index (χ0n) is 22.7. The Bertz CT molecular complexity index is 1110. The van der Waals surface area contributed by atoms with Crippen LogP contribution in [0.5, 0.6) is 0 Å². The summed E-state index contributed by atoms with van der Waals surface area (Å²) < 4.78 is 28.5. The van der Waals surface area contributed by atoms with E-state index in [0.717, 1.165) is 0 Å². The summed E-state index contributed by atoms with van der Waals surface area (Å²) in [5.41, 5.74) is -5.84. The van der Waals surface area contributed by atoms with Gasteiger partial charge in [0.1, 0.15) is 23.9 Å². The van der Waals surface area contributed by atoms with Crippen molar-refractivity contribution in [1.82, 2.24) is 0 Å². The average Bonchev–Trinajstić information content (AvgIpc) is 3.40. The van der Waals surface area contributed by atoms with Crippen molar-refractivity contribution in [3.8, 4) is 0 Å². The third-order valence-corrected chi connectivity index (χ3v) is 8.59. The number of esters is 4. The Morgan fingerprint density at radius 1 is 1.11 bits per heavy atom. The molecule has 210 valence electrons. The third kappa shape index (κ3) is 4.06. The van der Waals surface area contributed by atoms with Crippen LogP contribution in [0.25, 0.3) is 0 Å². The molecule has 2 aliphatic heterocycles. The van der Waals surface area contributed by atoms with Crippen LogP contribution < -0.4 is 0 Å². The number of ether oxygens (including phenoxy) is 5. The fourth-order valence-electron chi connectivity index (χ4n) is 6.52. The van der Waals surface area contributed by atoms with Crippen molar-refractivity contribution in [2.45, 2.75) is 109 Å². The zero-order valence-corrected chi connectivity index (χ0v) is 22.7. The average molecular weight is 537 g/mol. The number of rotatable bonds is 4. The quantitative estimate of drug-likeness (QED) is 0.231. The van der Waals surface area contributed by atoms with E-state index in [-0.39, 0.29) is 12.8 Å². The molecule has 11 heteroatoms. The van der Waals surface area contributed by atoms with Gasteiger partial charge in [-0.15, -0.1) is 0 Å². The first-order chi connectivity index (χ1) is 17.5. The maximum absolute atomic E-state index is 12.9. The van der Waals surface area contributed by atoms with Gasteiger partial charge in [0.25, 0.3) is 0 Å². The summed E-state index contributed by atoms with van der Waals surface area (Å²) in [7, 11) is 0. The Morgan fingerprint density at radius 2 is 1.74 bits per heavy atom. The molecule has 2 fully saturated rings. The number of aliphatic hydroxyl groups is 2. The van der Waals surface area contributed by atoms with Gasteiger partial charge in [0.2, 0.25) is 0 Å². The van der Waals surface area contributed by atoms with Gasteiger partial charge in [-0.05, 0) is 38.5 Å². The number of aliphatic hydroxyl groups excluding tert-OH is 1. The van der Waals surface area contributed by atoms with Crippen LogP contribution in [0.3, 0.4) is 0 Å². The molecule has 2 saturated heterocycles. The molecule has 2 aliphatic carbocycles. The molecule has 0 saturated carbocycles. The van der Waals surface area contributed by atoms with Crippen molar-refractivity contribution in [2.24, 2.45) is 11.3 Å². The molecule has 4 rings (SSSR count). The van der Waals surface area contributed by atoms with Gasteiger partial charge >= 0.3 is 23.9 Å². The SMILES string of the molecule is CCC(=O)O[C@@H]1C[C@@H](OC(C)=O)[C@@]2(C)C=C[C@H](OC(C)=O)[C@](C)(O)[C@@H]2[C@@H](O)[C@]23O[C@@]2(C)C(=O)O[C@H]3/C=C\1C. The first-order valence-electron chi connectivity index (χ1n) is 12.8. The minimum Gasteiger partial charge on any atom is -0.461 e. The number of fused-ring (bicyclic) bond motifs is 1. The summed E-state index contributed by atoms with van der Waals surface area (Å²) >= 11 is 0. The van der Waals surface area contributed by atoms with Crippen molar-refractivity contribution >= 4 is 23.9 Å². The van der Waals surface area contributed by atoms with E-state index in [1.807, 2.05) is 0 Å². The van der Waals surface area contributed by atoms with Gasteiger partial charge in [0.15, 0.2) is 17.3 Å². The molecule has 4 aliphatic rings. The predicted octanol–water partition coefficient (Wildman–Crippen LogP) is 1.28. The van der Waals surface area contributed by atoms with Gasteiger partial charge in [-0.2, -0.15) is 0 Å². The smallest absolute Gasteiger partial charge is 0.342 e. The molecule has 0 bridgehead atoms. The van der Waals surface area contributed by atoms with Crippen molar-refractivity contribution in [2.75, 3.05) is 0 Å². The summed E-state index contributed by atoms with van der Waals surface area (Å²) in [4.78, 5) is 49.4. The molecule has 0 radical (unpaired) electrons. The fourth-order valence-corrected chi connectivity index (χ4v) is 6.52. The highest BCUT2D eigenvalue weighted by molar-refractivity contribution is 5.89. The molecule has 0 aromatic rings. The maximum Gasteiger partial charge on any atom is 0.342 e. The first kappa shape index (κ1) is 28.3. The van der Waals surface area contributed by atoms with E-state index in [2.05, 4.69) is 0 Å². The monoisotopic (exact) mass is 536 g/mol. The highest BCUT2D eigenvalue weighted by Crippen LogP contribution is 2.64. The lowest BCUT2D eigenvalue weighted by Crippen LogP contribution is -2.66. The summed E-state index contributed by atoms with van der Waals surface area (Å²) in [6.07, 6.45) is -0.927. The molecular formula is C27H36O11. The van der Waals surface area contributed by atoms with Gasteiger partial charge < -0.3 is 33.9 Å². The van der Waals surface area contributed by atoms with Crippen LogP contribution in [-0.4, -0.2) is 81.4 Å². The Kier molecular flexibility index (Phi) is 6.82. The molecule has 10 atom stereocenters. The lowest BCUT2D eigenvalue weighted by Gasteiger charge is -2.54. The van der Waals surface area contributed by atoms with Crippen LogP contribution >= 0.6 is 0 Å². The van der Waals surface area contributed by atoms with E-state index in [9.17, 15) is 29.4 Å². The molecule has 2 N–H and O–H groups in total. The van der Waals surface area contributed by atoms with Crippen LogP contribution in [0.2, 0.25) is 0 Å². The lowest BCUT2D eigenvalue weighted by atomic mass is 9.55. The summed E-state index contributed by atoms with van der Waals surface area (Å²) in [6.45, 7) is 10.4. The molecule has 2 heterocycles. The van der Waals surface area contributed by atoms with Crippen LogP contribution in [0.15, 0.2) is 23.8 Å². The van der Waals surface area contributed by atoms with Crippen molar-refractivity contribution in [3.63, 3.8) is 0 Å². The van der Waals surface area contributed by atoms with Crippen molar-refractivity contribution < 1.29 is 53.1 Å². The van der Waals surface area contributed by atoms with Crippen LogP contribution in [0, 0.1) is 11.3 Å². The van der Waals surface area contributed by atoms with Crippen molar-refractivity contribution in [1.29, 1.82) is 0 Å². The number of carbonyl (C=O) groups excluding carboxylic acids is 4. The van der Waals surface area contributed by atoms with Crippen LogP contribution in [-0.2, 0) is 42.9 Å². The molecule has 0 amide bonds. The van der Waals surface area contributed by atoms with E-state index in [0.29, 0.717) is 5.57 Å². The van der Waals surface area contributed by atoms with Gasteiger partial charge in [0, 0.05) is 38.0 Å². The van der Waals surface area contributed by atoms with Crippen molar-refractivity contribution in [3.05, 3.63) is 23.8 Å². The van der Waals surface area contributed by atoms with E-state index < -0.39 is 82.5 Å². The van der Waals surface area contributed by atoms with E-state index in [1.54, 1.807) is 32.9 Å². The highest BCUT2D eigenvalue weighted by Gasteiger charge is 2.86. The molecule has 0 aromatic carbocycles. The van der Waals surface area contributed by atoms with E-state index in [1.165, 1.54) is 33.8 Å². The van der Waals surface area contributed by atoms with Gasteiger partial charge in [-0.3, -0.25) is 14.4 Å². The standard InChI is InChI=1S/C27H36O11/c1-8-20(30)36-16-12-18(35-15(4)29)24(5)10-9-17(34-14(3)28)25(6,33)21(24)22(31)27-19(11-13(16)2)37-23(32)26(27,7)38-27/h9-11,16-19,21-22,31,33H,8,12H2,1-7H3/b13-11-/t16-,17+,18-,19+,21-,22-,24-,25+,26+,27+/m1/s1. The Hall–Kier alpha value is -2.76. The third-order valence-electron chi connectivity index (χ3n) is 8.59. The summed E-state index contributed by atoms with van der Waals surface area (Å²) in [5, 5.41) is 24.0. The lowest BCUT2D eigenvalue weighted by molar-refractivity contribution is -0.212. The first-order valence-corrected chi connectivity index (χ1v) is 12.8. The largest absolute Gasteiger partial charge is 0.461 e. The number of hydrogen-bond donors (Lipinski definition) is 2. The summed E-state index contributed by atoms with van der Waals surface area (Å²) in [6, 6.07) is 0. The zero-order chi connectivity index (χ0) is 28.4. The minimum absolute atomic E-state index is 0.0161. The van der Waals surface area contributed by atoms with E-state index in [4.69, 9.17) is 23.7 Å². The number of carbonyl (C=O) groups is 4. The highest BCUT2D eigenvalue weighted by atomic mass is 16.7. The predicted molar refractivity (Wildman–Crippen MR) is 129 cm³/mol. The molecular weight excluding hydrogens is 500 g/mol. The molecule has 11 nitrogen and oxygen atoms in total. The Morgan fingerprint density at radius 3 is 2.29 bits per heavy atom. The second-order valence-corrected chi connectivity index (χ2v) is 11.2. The van der Waals surface area contributed by atoms with Gasteiger partial charge in [-0.1, -0.05) is 19.9 Å². The number of epoxide rings is 1.